The molecular weight excluding hydrogens is 218 g/mol. The third-order valence-electron chi connectivity index (χ3n) is 2.49. The molecule has 0 aromatic heterocycles. The molecule has 1 amide bonds. The molecule has 16 heavy (non-hydrogen) atoms. The average molecular weight is 236 g/mol. The number of aliphatic hydroxyl groups excluding tert-OH is 1. The molecule has 94 valence electrons. The molecule has 1 rings (SSSR count). The highest BCUT2D eigenvalue weighted by Gasteiger charge is 2.22. The molecule has 0 saturated heterocycles. The molecule has 0 aromatic carbocycles. The third kappa shape index (κ3) is 5.37. The van der Waals surface area contributed by atoms with Gasteiger partial charge in [0.15, 0.2) is 0 Å². The van der Waals surface area contributed by atoms with E-state index in [0.29, 0.717) is 5.92 Å². The Balaban J connectivity index is 2.21. The predicted octanol–water partition coefficient (Wildman–Crippen LogP) is 0.0720. The lowest BCUT2D eigenvalue weighted by Gasteiger charge is -2.21. The number of nitrogens with zero attached hydrogens (tertiary/aromatic N) is 1. The molecule has 1 fully saturated rings. The summed E-state index contributed by atoms with van der Waals surface area (Å²) in [5.74, 6) is 0.268. The van der Waals surface area contributed by atoms with E-state index in [1.807, 2.05) is 0 Å². The topological polar surface area (TPSA) is 52.6 Å². The molecule has 4 nitrogen and oxygen atoms in total. The van der Waals surface area contributed by atoms with E-state index in [0.717, 1.165) is 11.4 Å². The molecule has 0 aromatic rings. The number of rotatable bonds is 8. The zero-order valence-corrected chi connectivity index (χ0v) is 9.16. The van der Waals surface area contributed by atoms with Gasteiger partial charge in [-0.15, -0.1) is 0 Å². The van der Waals surface area contributed by atoms with Crippen LogP contribution in [0.3, 0.4) is 0 Å². The molecule has 0 radical (unpaired) electrons. The minimum Gasteiger partial charge on any atom is -0.395 e. The summed E-state index contributed by atoms with van der Waals surface area (Å²) < 4.78 is 24.3. The van der Waals surface area contributed by atoms with Crippen LogP contribution in [0.2, 0.25) is 0 Å². The normalized spacial score (nSPS) is 15.5. The van der Waals surface area contributed by atoms with Crippen molar-refractivity contribution in [3.8, 4) is 0 Å². The predicted molar refractivity (Wildman–Crippen MR) is 55.3 cm³/mol. The number of halogens is 2. The Morgan fingerprint density at radius 2 is 2.19 bits per heavy atom. The summed E-state index contributed by atoms with van der Waals surface area (Å²) in [7, 11) is 0. The monoisotopic (exact) mass is 236 g/mol. The Morgan fingerprint density at radius 3 is 2.69 bits per heavy atom. The second kappa shape index (κ2) is 6.75. The molecule has 0 aliphatic heterocycles. The summed E-state index contributed by atoms with van der Waals surface area (Å²) in [4.78, 5) is 12.5. The largest absolute Gasteiger partial charge is 0.395 e. The average Bonchev–Trinajstić information content (AvgIpc) is 3.00. The lowest BCUT2D eigenvalue weighted by Crippen LogP contribution is -2.42. The molecule has 0 atom stereocenters. The van der Waals surface area contributed by atoms with Crippen LogP contribution in [0.1, 0.15) is 12.8 Å². The van der Waals surface area contributed by atoms with Crippen molar-refractivity contribution in [3.63, 3.8) is 0 Å². The van der Waals surface area contributed by atoms with Crippen LogP contribution in [-0.2, 0) is 4.79 Å². The fourth-order valence-electron chi connectivity index (χ4n) is 1.42. The molecule has 1 aliphatic carbocycles. The maximum absolute atomic E-state index is 12.1. The minimum absolute atomic E-state index is 0.0335. The van der Waals surface area contributed by atoms with E-state index in [-0.39, 0.29) is 25.6 Å². The van der Waals surface area contributed by atoms with E-state index in [1.54, 1.807) is 0 Å². The molecule has 0 unspecified atom stereocenters. The van der Waals surface area contributed by atoms with Gasteiger partial charge in [0.1, 0.15) is 0 Å². The van der Waals surface area contributed by atoms with Crippen LogP contribution >= 0.6 is 0 Å². The van der Waals surface area contributed by atoms with Gasteiger partial charge in [-0.3, -0.25) is 4.79 Å². The number of carbonyl (C=O) groups excluding carboxylic acids is 1. The Morgan fingerprint density at radius 1 is 1.50 bits per heavy atom. The van der Waals surface area contributed by atoms with Crippen LogP contribution in [0.25, 0.3) is 0 Å². The van der Waals surface area contributed by atoms with E-state index >= 15 is 0 Å². The Kier molecular flexibility index (Phi) is 5.62. The summed E-state index contributed by atoms with van der Waals surface area (Å²) in [5.41, 5.74) is 0. The first-order chi connectivity index (χ1) is 7.63. The third-order valence-corrected chi connectivity index (χ3v) is 2.49. The van der Waals surface area contributed by atoms with Crippen molar-refractivity contribution >= 4 is 5.91 Å². The van der Waals surface area contributed by atoms with Crippen LogP contribution in [0.15, 0.2) is 0 Å². The van der Waals surface area contributed by atoms with Crippen molar-refractivity contribution < 1.29 is 18.7 Å². The molecule has 0 heterocycles. The molecule has 1 aliphatic rings. The van der Waals surface area contributed by atoms with Gasteiger partial charge in [-0.05, 0) is 25.3 Å². The smallest absolute Gasteiger partial charge is 0.255 e. The first kappa shape index (κ1) is 13.3. The van der Waals surface area contributed by atoms with Gasteiger partial charge in [-0.25, -0.2) is 8.78 Å². The lowest BCUT2D eigenvalue weighted by molar-refractivity contribution is -0.132. The molecule has 2 N–H and O–H groups in total. The van der Waals surface area contributed by atoms with Gasteiger partial charge in [0.05, 0.1) is 19.7 Å². The Hall–Kier alpha value is -0.750. The quantitative estimate of drug-likeness (QED) is 0.627. The Labute approximate surface area is 93.6 Å². The number of hydrogen-bond acceptors (Lipinski definition) is 3. The molecular formula is C10H18F2N2O2. The summed E-state index contributed by atoms with van der Waals surface area (Å²) in [5, 5.41) is 11.6. The number of amides is 1. The van der Waals surface area contributed by atoms with E-state index in [9.17, 15) is 13.6 Å². The van der Waals surface area contributed by atoms with Crippen LogP contribution in [0, 0.1) is 5.92 Å². The Bertz CT molecular complexity index is 223. The number of carbonyl (C=O) groups is 1. The van der Waals surface area contributed by atoms with Gasteiger partial charge < -0.3 is 15.3 Å². The maximum atomic E-state index is 12.1. The summed E-state index contributed by atoms with van der Waals surface area (Å²) in [6.07, 6.45) is -0.198. The first-order valence-corrected chi connectivity index (χ1v) is 5.51. The van der Waals surface area contributed by atoms with Crippen LogP contribution < -0.4 is 5.32 Å². The first-order valence-electron chi connectivity index (χ1n) is 5.51. The molecule has 0 spiro atoms. The molecule has 0 bridgehead atoms. The van der Waals surface area contributed by atoms with Crippen molar-refractivity contribution in [3.05, 3.63) is 0 Å². The number of nitrogens with one attached hydrogen (secondary N) is 1. The maximum Gasteiger partial charge on any atom is 0.255 e. The van der Waals surface area contributed by atoms with Crippen molar-refractivity contribution in [1.29, 1.82) is 0 Å². The lowest BCUT2D eigenvalue weighted by atomic mass is 10.4. The fraction of sp³-hybridized carbons (Fsp3) is 0.900. The second-order valence-electron chi connectivity index (χ2n) is 4.03. The van der Waals surface area contributed by atoms with Crippen molar-refractivity contribution in [2.45, 2.75) is 19.3 Å². The van der Waals surface area contributed by atoms with Gasteiger partial charge in [0.25, 0.3) is 6.43 Å². The summed E-state index contributed by atoms with van der Waals surface area (Å²) in [6.45, 7) is -0.0868. The highest BCUT2D eigenvalue weighted by atomic mass is 19.3. The van der Waals surface area contributed by atoms with Gasteiger partial charge in [-0.2, -0.15) is 0 Å². The van der Waals surface area contributed by atoms with Crippen LogP contribution in [-0.4, -0.2) is 55.1 Å². The second-order valence-corrected chi connectivity index (χ2v) is 4.03. The van der Waals surface area contributed by atoms with Crippen molar-refractivity contribution in [1.82, 2.24) is 10.2 Å². The number of hydrogen-bond donors (Lipinski definition) is 2. The number of aliphatic hydroxyl groups is 1. The zero-order valence-electron chi connectivity index (χ0n) is 9.16. The van der Waals surface area contributed by atoms with E-state index in [1.165, 1.54) is 12.8 Å². The van der Waals surface area contributed by atoms with Crippen molar-refractivity contribution in [2.75, 3.05) is 32.8 Å². The van der Waals surface area contributed by atoms with E-state index in [4.69, 9.17) is 5.11 Å². The van der Waals surface area contributed by atoms with Gasteiger partial charge in [-0.1, -0.05) is 0 Å². The summed E-state index contributed by atoms with van der Waals surface area (Å²) in [6, 6.07) is 0. The van der Waals surface area contributed by atoms with E-state index in [2.05, 4.69) is 5.32 Å². The molecule has 1 saturated carbocycles. The van der Waals surface area contributed by atoms with Crippen LogP contribution in [0.5, 0.6) is 0 Å². The highest BCUT2D eigenvalue weighted by Crippen LogP contribution is 2.27. The van der Waals surface area contributed by atoms with Gasteiger partial charge in [0.2, 0.25) is 5.91 Å². The highest BCUT2D eigenvalue weighted by molar-refractivity contribution is 5.78. The van der Waals surface area contributed by atoms with Crippen LogP contribution in [0.4, 0.5) is 8.78 Å². The standard InChI is InChI=1S/C10H18F2N2O2/c11-9(12)7-14(3-4-15)10(16)6-13-5-8-1-2-8/h8-9,13,15H,1-7H2. The summed E-state index contributed by atoms with van der Waals surface area (Å²) >= 11 is 0. The van der Waals surface area contributed by atoms with Gasteiger partial charge in [0, 0.05) is 6.54 Å². The minimum atomic E-state index is -2.56. The zero-order chi connectivity index (χ0) is 12.0. The molecule has 6 heteroatoms. The number of alkyl halides is 2. The SMILES string of the molecule is O=C(CNCC1CC1)N(CCO)CC(F)F. The van der Waals surface area contributed by atoms with Crippen molar-refractivity contribution in [2.24, 2.45) is 5.92 Å². The van der Waals surface area contributed by atoms with Gasteiger partial charge >= 0.3 is 0 Å². The fourth-order valence-corrected chi connectivity index (χ4v) is 1.42. The van der Waals surface area contributed by atoms with E-state index < -0.39 is 13.0 Å².